The van der Waals surface area contributed by atoms with Gasteiger partial charge in [0.2, 0.25) is 0 Å². The molecule has 0 spiro atoms. The van der Waals surface area contributed by atoms with E-state index < -0.39 is 0 Å². The molecule has 0 aliphatic carbocycles. The summed E-state index contributed by atoms with van der Waals surface area (Å²) < 4.78 is 19.9. The fourth-order valence-corrected chi connectivity index (χ4v) is 3.39. The van der Waals surface area contributed by atoms with Crippen LogP contribution in [0, 0.1) is 5.82 Å². The van der Waals surface area contributed by atoms with E-state index in [9.17, 15) is 4.39 Å². The van der Waals surface area contributed by atoms with Crippen LogP contribution >= 0.6 is 11.3 Å². The summed E-state index contributed by atoms with van der Waals surface area (Å²) >= 11 is 1.42. The molecule has 0 amide bonds. The Morgan fingerprint density at radius 2 is 1.88 bits per heavy atom. The molecule has 4 rings (SSSR count). The number of para-hydroxylation sites is 1. The molecule has 2 aromatic heterocycles. The van der Waals surface area contributed by atoms with Crippen LogP contribution in [0.4, 0.5) is 10.2 Å². The summed E-state index contributed by atoms with van der Waals surface area (Å²) in [6.45, 7) is 0. The first kappa shape index (κ1) is 16.2. The van der Waals surface area contributed by atoms with Gasteiger partial charge < -0.3 is 10.5 Å². The molecular formula is C18H14FN5OS. The molecule has 0 atom stereocenters. The average Bonchev–Trinajstić information content (AvgIpc) is 3.29. The Hall–Kier alpha value is -3.26. The normalized spacial score (nSPS) is 10.8. The van der Waals surface area contributed by atoms with E-state index in [1.165, 1.54) is 28.2 Å². The van der Waals surface area contributed by atoms with Crippen LogP contribution < -0.4 is 10.5 Å². The number of benzene rings is 2. The molecule has 0 saturated heterocycles. The van der Waals surface area contributed by atoms with Gasteiger partial charge in [0, 0.05) is 10.9 Å². The quantitative estimate of drug-likeness (QED) is 0.594. The van der Waals surface area contributed by atoms with Gasteiger partial charge in [-0.25, -0.2) is 9.37 Å². The maximum absolute atomic E-state index is 13.1. The van der Waals surface area contributed by atoms with Crippen molar-refractivity contribution in [2.45, 2.75) is 0 Å². The summed E-state index contributed by atoms with van der Waals surface area (Å²) in [6.07, 6.45) is 0. The molecule has 0 radical (unpaired) electrons. The van der Waals surface area contributed by atoms with E-state index in [0.29, 0.717) is 22.2 Å². The number of anilines is 1. The third-order valence-corrected chi connectivity index (χ3v) is 4.71. The van der Waals surface area contributed by atoms with Crippen molar-refractivity contribution < 1.29 is 9.13 Å². The Morgan fingerprint density at radius 3 is 2.65 bits per heavy atom. The van der Waals surface area contributed by atoms with Gasteiger partial charge in [-0.15, -0.1) is 16.4 Å². The Kier molecular flexibility index (Phi) is 4.10. The second-order valence-corrected chi connectivity index (χ2v) is 6.31. The molecule has 2 aromatic carbocycles. The Labute approximate surface area is 152 Å². The number of hydrogen-bond donors (Lipinski definition) is 1. The van der Waals surface area contributed by atoms with E-state index >= 15 is 0 Å². The zero-order valence-electron chi connectivity index (χ0n) is 13.8. The minimum Gasteiger partial charge on any atom is -0.496 e. The minimum atomic E-state index is -0.325. The number of aromatic nitrogens is 4. The number of nitrogens with two attached hydrogens (primary N) is 1. The number of nitrogen functional groups attached to an aromatic ring is 1. The van der Waals surface area contributed by atoms with E-state index in [1.54, 1.807) is 19.2 Å². The maximum Gasteiger partial charge on any atom is 0.165 e. The number of nitrogens with zero attached hydrogens (tertiary/aromatic N) is 4. The summed E-state index contributed by atoms with van der Waals surface area (Å²) in [5.74, 6) is 0.763. The lowest BCUT2D eigenvalue weighted by molar-refractivity contribution is 0.416. The number of thiazole rings is 1. The highest BCUT2D eigenvalue weighted by Crippen LogP contribution is 2.35. The molecule has 8 heteroatoms. The van der Waals surface area contributed by atoms with Gasteiger partial charge in [0.15, 0.2) is 11.5 Å². The Balaban J connectivity index is 1.72. The Bertz CT molecular complexity index is 1060. The predicted octanol–water partition coefficient (Wildman–Crippen LogP) is 3.79. The lowest BCUT2D eigenvalue weighted by Crippen LogP contribution is -2.02. The molecule has 4 aromatic rings. The highest BCUT2D eigenvalue weighted by Gasteiger charge is 2.18. The fraction of sp³-hybridized carbons (Fsp3) is 0.0556. The maximum atomic E-state index is 13.1. The fourth-order valence-electron chi connectivity index (χ4n) is 2.58. The summed E-state index contributed by atoms with van der Waals surface area (Å²) in [4.78, 5) is 4.62. The van der Waals surface area contributed by atoms with E-state index in [0.717, 1.165) is 17.0 Å². The molecule has 0 bridgehead atoms. The van der Waals surface area contributed by atoms with Crippen molar-refractivity contribution in [2.75, 3.05) is 12.8 Å². The van der Waals surface area contributed by atoms with E-state index in [1.807, 2.05) is 29.6 Å². The van der Waals surface area contributed by atoms with Crippen LogP contribution in [0.2, 0.25) is 0 Å². The SMILES string of the molecule is COc1ccccc1-c1csc(-c2nnn(-c3ccc(F)cc3)c2N)n1. The summed E-state index contributed by atoms with van der Waals surface area (Å²) in [7, 11) is 1.62. The lowest BCUT2D eigenvalue weighted by atomic mass is 10.1. The van der Waals surface area contributed by atoms with Crippen LogP contribution in [0.25, 0.3) is 27.6 Å². The van der Waals surface area contributed by atoms with E-state index in [4.69, 9.17) is 10.5 Å². The van der Waals surface area contributed by atoms with E-state index in [2.05, 4.69) is 15.3 Å². The number of halogens is 1. The number of hydrogen-bond acceptors (Lipinski definition) is 6. The van der Waals surface area contributed by atoms with Crippen molar-refractivity contribution >= 4 is 17.2 Å². The van der Waals surface area contributed by atoms with Crippen LogP contribution in [0.15, 0.2) is 53.9 Å². The first-order chi connectivity index (χ1) is 12.7. The van der Waals surface area contributed by atoms with Gasteiger partial charge in [0.1, 0.15) is 16.6 Å². The molecule has 2 N–H and O–H groups in total. The largest absolute Gasteiger partial charge is 0.496 e. The third kappa shape index (κ3) is 2.80. The molecule has 2 heterocycles. The first-order valence-corrected chi connectivity index (χ1v) is 8.61. The first-order valence-electron chi connectivity index (χ1n) is 7.74. The van der Waals surface area contributed by atoms with Crippen molar-refractivity contribution in [1.82, 2.24) is 20.0 Å². The summed E-state index contributed by atoms with van der Waals surface area (Å²) in [5.41, 5.74) is 8.98. The Morgan fingerprint density at radius 1 is 1.12 bits per heavy atom. The zero-order chi connectivity index (χ0) is 18.1. The topological polar surface area (TPSA) is 78.9 Å². The molecule has 0 aliphatic rings. The second kappa shape index (κ2) is 6.57. The number of ether oxygens (including phenoxy) is 1. The number of methoxy groups -OCH3 is 1. The smallest absolute Gasteiger partial charge is 0.165 e. The van der Waals surface area contributed by atoms with Crippen molar-refractivity contribution in [2.24, 2.45) is 0 Å². The van der Waals surface area contributed by atoms with Gasteiger partial charge >= 0.3 is 0 Å². The molecular weight excluding hydrogens is 353 g/mol. The predicted molar refractivity (Wildman–Crippen MR) is 98.8 cm³/mol. The van der Waals surface area contributed by atoms with E-state index in [-0.39, 0.29) is 5.82 Å². The van der Waals surface area contributed by atoms with Crippen LogP contribution in [0.3, 0.4) is 0 Å². The van der Waals surface area contributed by atoms with Gasteiger partial charge in [0.25, 0.3) is 0 Å². The van der Waals surface area contributed by atoms with Crippen molar-refractivity contribution in [3.05, 3.63) is 59.7 Å². The molecule has 26 heavy (non-hydrogen) atoms. The summed E-state index contributed by atoms with van der Waals surface area (Å²) in [6, 6.07) is 13.5. The number of rotatable bonds is 4. The monoisotopic (exact) mass is 367 g/mol. The van der Waals surface area contributed by atoms with Crippen molar-refractivity contribution in [3.63, 3.8) is 0 Å². The average molecular weight is 367 g/mol. The highest BCUT2D eigenvalue weighted by molar-refractivity contribution is 7.13. The second-order valence-electron chi connectivity index (χ2n) is 5.45. The van der Waals surface area contributed by atoms with Gasteiger partial charge in [-0.3, -0.25) is 0 Å². The summed E-state index contributed by atoms with van der Waals surface area (Å²) in [5, 5.41) is 10.8. The molecule has 0 unspecified atom stereocenters. The molecule has 0 aliphatic heterocycles. The minimum absolute atomic E-state index is 0.325. The zero-order valence-corrected chi connectivity index (χ0v) is 14.6. The van der Waals surface area contributed by atoms with Gasteiger partial charge in [-0.1, -0.05) is 17.3 Å². The molecule has 0 fully saturated rings. The standard InChI is InChI=1S/C18H14FN5OS/c1-25-15-5-3-2-4-13(15)14-10-26-18(21-14)16-17(20)24(23-22-16)12-8-6-11(19)7-9-12/h2-10H,20H2,1H3. The van der Waals surface area contributed by atoms with Gasteiger partial charge in [-0.2, -0.15) is 4.68 Å². The third-order valence-electron chi connectivity index (χ3n) is 3.87. The van der Waals surface area contributed by atoms with Crippen LogP contribution in [0.5, 0.6) is 5.75 Å². The van der Waals surface area contributed by atoms with Gasteiger partial charge in [0.05, 0.1) is 18.5 Å². The van der Waals surface area contributed by atoms with Crippen molar-refractivity contribution in [1.29, 1.82) is 0 Å². The van der Waals surface area contributed by atoms with Crippen LogP contribution in [0.1, 0.15) is 0 Å². The molecule has 0 saturated carbocycles. The van der Waals surface area contributed by atoms with Crippen molar-refractivity contribution in [3.8, 4) is 33.4 Å². The highest BCUT2D eigenvalue weighted by atomic mass is 32.1. The molecule has 6 nitrogen and oxygen atoms in total. The van der Waals surface area contributed by atoms with Gasteiger partial charge in [-0.05, 0) is 36.4 Å². The molecule has 130 valence electrons. The van der Waals surface area contributed by atoms with Crippen LogP contribution in [-0.4, -0.2) is 27.1 Å². The van der Waals surface area contributed by atoms with Crippen LogP contribution in [-0.2, 0) is 0 Å². The lowest BCUT2D eigenvalue weighted by Gasteiger charge is -2.04.